The number of carbonyl (C=O) groups is 1. The van der Waals surface area contributed by atoms with Crippen LogP contribution in [0.1, 0.15) is 34.1 Å². The number of hydrogen-bond donors (Lipinski definition) is 1. The number of ether oxygens (including phenoxy) is 1. The van der Waals surface area contributed by atoms with Crippen LogP contribution in [0.4, 0.5) is 0 Å². The van der Waals surface area contributed by atoms with Gasteiger partial charge in [-0.3, -0.25) is 0 Å². The second-order valence-electron chi connectivity index (χ2n) is 3.97. The van der Waals surface area contributed by atoms with Gasteiger partial charge in [0.1, 0.15) is 0 Å². The summed E-state index contributed by atoms with van der Waals surface area (Å²) in [6.07, 6.45) is 2.78. The maximum atomic E-state index is 10.4. The normalized spacial score (nSPS) is 14.5. The SMILES string of the molecule is CC(=CCOC(C)CC(C)C)C(=O)O. The first kappa shape index (κ1) is 13.2. The molecule has 0 saturated carbocycles. The third-order valence-corrected chi connectivity index (χ3v) is 1.91. The second-order valence-corrected chi connectivity index (χ2v) is 3.97. The van der Waals surface area contributed by atoms with E-state index in [1.54, 1.807) is 13.0 Å². The van der Waals surface area contributed by atoms with Gasteiger partial charge in [0.25, 0.3) is 0 Å². The van der Waals surface area contributed by atoms with Crippen molar-refractivity contribution in [3.63, 3.8) is 0 Å². The van der Waals surface area contributed by atoms with E-state index in [0.29, 0.717) is 18.1 Å². The largest absolute Gasteiger partial charge is 0.478 e. The number of rotatable bonds is 6. The minimum atomic E-state index is -0.884. The van der Waals surface area contributed by atoms with Crippen LogP contribution in [-0.2, 0) is 9.53 Å². The Labute approximate surface area is 85.8 Å². The molecule has 0 aliphatic carbocycles. The van der Waals surface area contributed by atoms with Crippen LogP contribution in [-0.4, -0.2) is 23.8 Å². The highest BCUT2D eigenvalue weighted by atomic mass is 16.5. The summed E-state index contributed by atoms with van der Waals surface area (Å²) in [4.78, 5) is 10.4. The monoisotopic (exact) mass is 200 g/mol. The maximum Gasteiger partial charge on any atom is 0.331 e. The van der Waals surface area contributed by atoms with Gasteiger partial charge in [0, 0.05) is 5.57 Å². The summed E-state index contributed by atoms with van der Waals surface area (Å²) >= 11 is 0. The molecule has 1 N–H and O–H groups in total. The van der Waals surface area contributed by atoms with E-state index in [2.05, 4.69) is 13.8 Å². The van der Waals surface area contributed by atoms with Crippen molar-refractivity contribution < 1.29 is 14.6 Å². The Morgan fingerprint density at radius 2 is 2.00 bits per heavy atom. The van der Waals surface area contributed by atoms with Crippen LogP contribution in [0.2, 0.25) is 0 Å². The molecular weight excluding hydrogens is 180 g/mol. The molecular formula is C11H20O3. The Morgan fingerprint density at radius 1 is 1.43 bits per heavy atom. The van der Waals surface area contributed by atoms with Crippen LogP contribution in [0, 0.1) is 5.92 Å². The summed E-state index contributed by atoms with van der Waals surface area (Å²) in [6.45, 7) is 8.23. The number of carboxylic acids is 1. The summed E-state index contributed by atoms with van der Waals surface area (Å²) in [7, 11) is 0. The summed E-state index contributed by atoms with van der Waals surface area (Å²) < 4.78 is 5.43. The maximum absolute atomic E-state index is 10.4. The molecule has 0 aliphatic heterocycles. The first-order chi connectivity index (χ1) is 6.43. The molecule has 3 heteroatoms. The van der Waals surface area contributed by atoms with E-state index in [4.69, 9.17) is 9.84 Å². The zero-order valence-electron chi connectivity index (χ0n) is 9.41. The van der Waals surface area contributed by atoms with Crippen LogP contribution in [0.25, 0.3) is 0 Å². The minimum Gasteiger partial charge on any atom is -0.478 e. The van der Waals surface area contributed by atoms with Gasteiger partial charge < -0.3 is 9.84 Å². The molecule has 0 rings (SSSR count). The van der Waals surface area contributed by atoms with E-state index >= 15 is 0 Å². The summed E-state index contributed by atoms with van der Waals surface area (Å²) in [5.74, 6) is -0.278. The molecule has 1 atom stereocenters. The quantitative estimate of drug-likeness (QED) is 0.670. The molecule has 0 saturated heterocycles. The van der Waals surface area contributed by atoms with Gasteiger partial charge >= 0.3 is 5.97 Å². The predicted molar refractivity (Wildman–Crippen MR) is 56.3 cm³/mol. The van der Waals surface area contributed by atoms with Crippen molar-refractivity contribution in [2.45, 2.75) is 40.2 Å². The molecule has 0 spiro atoms. The van der Waals surface area contributed by atoms with E-state index in [0.717, 1.165) is 6.42 Å². The van der Waals surface area contributed by atoms with E-state index in [-0.39, 0.29) is 6.10 Å². The molecule has 3 nitrogen and oxygen atoms in total. The van der Waals surface area contributed by atoms with Gasteiger partial charge in [-0.2, -0.15) is 0 Å². The molecule has 0 radical (unpaired) electrons. The zero-order chi connectivity index (χ0) is 11.1. The predicted octanol–water partition coefficient (Wildman–Crippen LogP) is 2.47. The van der Waals surface area contributed by atoms with E-state index in [9.17, 15) is 4.79 Å². The molecule has 0 bridgehead atoms. The molecule has 0 aromatic rings. The smallest absolute Gasteiger partial charge is 0.331 e. The van der Waals surface area contributed by atoms with Crippen molar-refractivity contribution in [3.05, 3.63) is 11.6 Å². The van der Waals surface area contributed by atoms with Gasteiger partial charge in [0.15, 0.2) is 0 Å². The van der Waals surface area contributed by atoms with Gasteiger partial charge in [-0.1, -0.05) is 13.8 Å². The van der Waals surface area contributed by atoms with Crippen molar-refractivity contribution in [2.24, 2.45) is 5.92 Å². The van der Waals surface area contributed by atoms with Crippen molar-refractivity contribution >= 4 is 5.97 Å². The van der Waals surface area contributed by atoms with Crippen molar-refractivity contribution in [1.29, 1.82) is 0 Å². The van der Waals surface area contributed by atoms with Crippen LogP contribution < -0.4 is 0 Å². The fourth-order valence-electron chi connectivity index (χ4n) is 1.16. The number of carboxylic acid groups (broad SMARTS) is 1. The first-order valence-electron chi connectivity index (χ1n) is 4.95. The summed E-state index contributed by atoms with van der Waals surface area (Å²) in [5.41, 5.74) is 0.335. The molecule has 0 aromatic carbocycles. The Hall–Kier alpha value is -0.830. The highest BCUT2D eigenvalue weighted by Crippen LogP contribution is 2.07. The Bertz CT molecular complexity index is 207. The molecule has 0 amide bonds. The fourth-order valence-corrected chi connectivity index (χ4v) is 1.16. The summed E-state index contributed by atoms with van der Waals surface area (Å²) in [5, 5.41) is 8.57. The standard InChI is InChI=1S/C11H20O3/c1-8(2)7-10(4)14-6-5-9(3)11(12)13/h5,8,10H,6-7H2,1-4H3,(H,12,13). The Morgan fingerprint density at radius 3 is 2.43 bits per heavy atom. The van der Waals surface area contributed by atoms with Gasteiger partial charge in [0.05, 0.1) is 12.7 Å². The van der Waals surface area contributed by atoms with Gasteiger partial charge in [-0.05, 0) is 32.3 Å². The van der Waals surface area contributed by atoms with Gasteiger partial charge in [-0.15, -0.1) is 0 Å². The highest BCUT2D eigenvalue weighted by molar-refractivity contribution is 5.85. The average molecular weight is 200 g/mol. The molecule has 0 heterocycles. The molecule has 1 unspecified atom stereocenters. The topological polar surface area (TPSA) is 46.5 Å². The highest BCUT2D eigenvalue weighted by Gasteiger charge is 2.04. The van der Waals surface area contributed by atoms with E-state index < -0.39 is 5.97 Å². The van der Waals surface area contributed by atoms with E-state index in [1.807, 2.05) is 6.92 Å². The lowest BCUT2D eigenvalue weighted by atomic mass is 10.1. The lowest BCUT2D eigenvalue weighted by Gasteiger charge is -2.13. The summed E-state index contributed by atoms with van der Waals surface area (Å²) in [6, 6.07) is 0. The second kappa shape index (κ2) is 6.60. The third-order valence-electron chi connectivity index (χ3n) is 1.91. The lowest BCUT2D eigenvalue weighted by molar-refractivity contribution is -0.132. The van der Waals surface area contributed by atoms with Crippen LogP contribution in [0.3, 0.4) is 0 Å². The third kappa shape index (κ3) is 6.66. The Kier molecular flexibility index (Phi) is 6.21. The molecule has 0 aliphatic rings. The van der Waals surface area contributed by atoms with Crippen molar-refractivity contribution in [3.8, 4) is 0 Å². The van der Waals surface area contributed by atoms with Gasteiger partial charge in [-0.25, -0.2) is 4.79 Å². The number of hydrogen-bond acceptors (Lipinski definition) is 2. The fraction of sp³-hybridized carbons (Fsp3) is 0.727. The molecule has 0 aromatic heterocycles. The van der Waals surface area contributed by atoms with Crippen molar-refractivity contribution in [2.75, 3.05) is 6.61 Å². The van der Waals surface area contributed by atoms with Crippen molar-refractivity contribution in [1.82, 2.24) is 0 Å². The molecule has 0 fully saturated rings. The number of aliphatic carboxylic acids is 1. The first-order valence-corrected chi connectivity index (χ1v) is 4.95. The van der Waals surface area contributed by atoms with Crippen LogP contribution in [0.5, 0.6) is 0 Å². The Balaban J connectivity index is 3.73. The van der Waals surface area contributed by atoms with Gasteiger partial charge in [0.2, 0.25) is 0 Å². The zero-order valence-corrected chi connectivity index (χ0v) is 9.41. The van der Waals surface area contributed by atoms with E-state index in [1.165, 1.54) is 0 Å². The molecule has 82 valence electrons. The average Bonchev–Trinajstić information content (AvgIpc) is 2.02. The molecule has 14 heavy (non-hydrogen) atoms. The minimum absolute atomic E-state index is 0.188. The van der Waals surface area contributed by atoms with Crippen LogP contribution >= 0.6 is 0 Å². The lowest BCUT2D eigenvalue weighted by Crippen LogP contribution is -2.11. The van der Waals surface area contributed by atoms with Crippen LogP contribution in [0.15, 0.2) is 11.6 Å².